The highest BCUT2D eigenvalue weighted by Gasteiger charge is 2.03. The molecule has 1 aromatic carbocycles. The van der Waals surface area contributed by atoms with Crippen LogP contribution in [0.4, 0.5) is 5.69 Å². The zero-order chi connectivity index (χ0) is 8.27. The van der Waals surface area contributed by atoms with E-state index in [4.69, 9.17) is 5.73 Å². The lowest BCUT2D eigenvalue weighted by atomic mass is 10.3. The van der Waals surface area contributed by atoms with Crippen LogP contribution in [0.3, 0.4) is 0 Å². The summed E-state index contributed by atoms with van der Waals surface area (Å²) in [6.07, 6.45) is 0. The lowest BCUT2D eigenvalue weighted by molar-refractivity contribution is 1.49. The summed E-state index contributed by atoms with van der Waals surface area (Å²) in [6.45, 7) is 0. The van der Waals surface area contributed by atoms with Gasteiger partial charge in [0.25, 0.3) is 0 Å². The Labute approximate surface area is 79.3 Å². The molecule has 0 heterocycles. The molecule has 0 spiro atoms. The van der Waals surface area contributed by atoms with Gasteiger partial charge in [0.05, 0.1) is 21.8 Å². The van der Waals surface area contributed by atoms with Crippen molar-refractivity contribution in [3.8, 4) is 0 Å². The number of nitrogens with one attached hydrogen (secondary N) is 1. The maximum absolute atomic E-state index is 7.13. The van der Waals surface area contributed by atoms with Crippen LogP contribution in [0.5, 0.6) is 0 Å². The first-order chi connectivity index (χ1) is 5.22. The van der Waals surface area contributed by atoms with Crippen LogP contribution in [0.2, 0.25) is 0 Å². The minimum absolute atomic E-state index is 0.0520. The van der Waals surface area contributed by atoms with E-state index in [9.17, 15) is 0 Å². The fourth-order valence-electron chi connectivity index (χ4n) is 0.676. The van der Waals surface area contributed by atoms with Crippen LogP contribution in [0, 0.1) is 0 Å². The molecule has 0 atom stereocenters. The van der Waals surface area contributed by atoms with E-state index in [0.717, 1.165) is 5.69 Å². The second kappa shape index (κ2) is 3.69. The van der Waals surface area contributed by atoms with Gasteiger partial charge in [-0.1, -0.05) is 18.2 Å². The second-order valence-corrected chi connectivity index (χ2v) is 3.02. The Morgan fingerprint density at radius 3 is 2.36 bits per heavy atom. The molecule has 0 aliphatic carbocycles. The Morgan fingerprint density at radius 1 is 1.36 bits per heavy atom. The lowest BCUT2D eigenvalue weighted by Crippen LogP contribution is -2.17. The summed E-state index contributed by atoms with van der Waals surface area (Å²) >= 11 is 7.80. The highest BCUT2D eigenvalue weighted by atomic mass is 79.9. The largest absolute Gasteiger partial charge is 0.274 e. The molecule has 2 nitrogen and oxygen atoms in total. The SMILES string of the molecule is [NH]C(=S)N(Br)c1ccccc1. The van der Waals surface area contributed by atoms with Crippen molar-refractivity contribution in [2.45, 2.75) is 0 Å². The van der Waals surface area contributed by atoms with Crippen molar-refractivity contribution in [1.82, 2.24) is 5.73 Å². The highest BCUT2D eigenvalue weighted by molar-refractivity contribution is 9.10. The third-order valence-electron chi connectivity index (χ3n) is 1.16. The van der Waals surface area contributed by atoms with Crippen molar-refractivity contribution in [2.75, 3.05) is 3.93 Å². The van der Waals surface area contributed by atoms with Crippen LogP contribution >= 0.6 is 28.4 Å². The molecule has 1 N–H and O–H groups in total. The van der Waals surface area contributed by atoms with Crippen LogP contribution in [0.15, 0.2) is 30.3 Å². The smallest absolute Gasteiger partial charge is 0.202 e. The van der Waals surface area contributed by atoms with E-state index in [-0.39, 0.29) is 5.11 Å². The van der Waals surface area contributed by atoms with Gasteiger partial charge in [-0.25, -0.2) is 0 Å². The molecule has 0 amide bonds. The number of nitrogens with zero attached hydrogens (tertiary/aromatic N) is 1. The zero-order valence-corrected chi connectivity index (χ0v) is 8.02. The number of para-hydroxylation sites is 1. The van der Waals surface area contributed by atoms with Gasteiger partial charge >= 0.3 is 0 Å². The monoisotopic (exact) mass is 229 g/mol. The summed E-state index contributed by atoms with van der Waals surface area (Å²) in [5, 5.41) is 0.0520. The molecule has 57 valence electrons. The molecule has 0 unspecified atom stereocenters. The predicted molar refractivity (Wildman–Crippen MR) is 53.5 cm³/mol. The van der Waals surface area contributed by atoms with E-state index in [1.165, 1.54) is 3.93 Å². The molecular weight excluding hydrogens is 224 g/mol. The van der Waals surface area contributed by atoms with Crippen molar-refractivity contribution < 1.29 is 0 Å². The number of hydrogen-bond donors (Lipinski definition) is 0. The molecule has 0 saturated heterocycles. The number of thiocarbonyl (C=S) groups is 1. The number of benzene rings is 1. The van der Waals surface area contributed by atoms with Gasteiger partial charge in [-0.2, -0.15) is 0 Å². The third kappa shape index (κ3) is 2.17. The highest BCUT2D eigenvalue weighted by Crippen LogP contribution is 2.16. The Kier molecular flexibility index (Phi) is 2.84. The minimum atomic E-state index is 0.0520. The van der Waals surface area contributed by atoms with E-state index >= 15 is 0 Å². The van der Waals surface area contributed by atoms with Crippen LogP contribution in [-0.2, 0) is 0 Å². The molecule has 0 saturated carbocycles. The summed E-state index contributed by atoms with van der Waals surface area (Å²) < 4.78 is 1.46. The quantitative estimate of drug-likeness (QED) is 0.547. The first-order valence-corrected chi connectivity index (χ1v) is 4.10. The zero-order valence-electron chi connectivity index (χ0n) is 5.62. The number of rotatable bonds is 1. The Hall–Kier alpha value is -0.610. The van der Waals surface area contributed by atoms with Crippen molar-refractivity contribution in [1.29, 1.82) is 0 Å². The summed E-state index contributed by atoms with van der Waals surface area (Å²) in [4.78, 5) is 0. The van der Waals surface area contributed by atoms with Crippen LogP contribution in [0.1, 0.15) is 0 Å². The molecule has 0 aromatic heterocycles. The van der Waals surface area contributed by atoms with E-state index < -0.39 is 0 Å². The Balaban J connectivity index is 2.85. The fraction of sp³-hybridized carbons (Fsp3) is 0. The van der Waals surface area contributed by atoms with E-state index in [0.29, 0.717) is 0 Å². The summed E-state index contributed by atoms with van der Waals surface area (Å²) in [5.41, 5.74) is 8.00. The average Bonchev–Trinajstić information content (AvgIpc) is 2.05. The molecule has 1 aromatic rings. The van der Waals surface area contributed by atoms with Crippen molar-refractivity contribution in [3.63, 3.8) is 0 Å². The summed E-state index contributed by atoms with van der Waals surface area (Å²) in [6, 6.07) is 9.44. The molecular formula is C7H6BrN2S. The van der Waals surface area contributed by atoms with Gasteiger partial charge in [0.15, 0.2) is 0 Å². The predicted octanol–water partition coefficient (Wildman–Crippen LogP) is 2.37. The van der Waals surface area contributed by atoms with E-state index in [1.807, 2.05) is 30.3 Å². The molecule has 1 rings (SSSR count). The van der Waals surface area contributed by atoms with Crippen molar-refractivity contribution in [2.24, 2.45) is 0 Å². The van der Waals surface area contributed by atoms with Crippen molar-refractivity contribution in [3.05, 3.63) is 30.3 Å². The Morgan fingerprint density at radius 2 is 1.91 bits per heavy atom. The second-order valence-electron chi connectivity index (χ2n) is 1.92. The van der Waals surface area contributed by atoms with Gasteiger partial charge in [-0.05, 0) is 24.4 Å². The first-order valence-electron chi connectivity index (χ1n) is 2.98. The van der Waals surface area contributed by atoms with Gasteiger partial charge in [0.1, 0.15) is 0 Å². The molecule has 0 fully saturated rings. The molecule has 0 bridgehead atoms. The summed E-state index contributed by atoms with van der Waals surface area (Å²) in [7, 11) is 0. The van der Waals surface area contributed by atoms with E-state index in [2.05, 4.69) is 28.4 Å². The van der Waals surface area contributed by atoms with Gasteiger partial charge in [-0.3, -0.25) is 9.66 Å². The van der Waals surface area contributed by atoms with Gasteiger partial charge in [-0.15, -0.1) is 0 Å². The van der Waals surface area contributed by atoms with Gasteiger partial charge in [0, 0.05) is 0 Å². The van der Waals surface area contributed by atoms with Crippen LogP contribution < -0.4 is 9.66 Å². The Bertz CT molecular complexity index is 250. The van der Waals surface area contributed by atoms with Gasteiger partial charge < -0.3 is 0 Å². The maximum Gasteiger partial charge on any atom is 0.202 e. The topological polar surface area (TPSA) is 27.0 Å². The minimum Gasteiger partial charge on any atom is -0.274 e. The molecule has 0 aliphatic rings. The third-order valence-corrected chi connectivity index (χ3v) is 2.34. The van der Waals surface area contributed by atoms with E-state index in [1.54, 1.807) is 0 Å². The molecule has 4 heteroatoms. The molecule has 11 heavy (non-hydrogen) atoms. The fourth-order valence-corrected chi connectivity index (χ4v) is 1.02. The number of halogens is 1. The molecule has 0 aliphatic heterocycles. The molecule has 1 radical (unpaired) electrons. The standard InChI is InChI=1S/C7H6BrN2S/c8-10(7(9)11)6-4-2-1-3-5-6/h1-5,9H. The lowest BCUT2D eigenvalue weighted by Gasteiger charge is -2.11. The maximum atomic E-state index is 7.13. The van der Waals surface area contributed by atoms with Crippen molar-refractivity contribution >= 4 is 39.2 Å². The number of hydrogen-bond acceptors (Lipinski definition) is 1. The van der Waals surface area contributed by atoms with Crippen LogP contribution in [-0.4, -0.2) is 5.11 Å². The van der Waals surface area contributed by atoms with Gasteiger partial charge in [0.2, 0.25) is 5.11 Å². The van der Waals surface area contributed by atoms with Crippen LogP contribution in [0.25, 0.3) is 0 Å². The first kappa shape index (κ1) is 8.49. The number of anilines is 1. The average molecular weight is 230 g/mol. The normalized spacial score (nSPS) is 9.18. The summed E-state index contributed by atoms with van der Waals surface area (Å²) in [5.74, 6) is 0.